The second kappa shape index (κ2) is 8.73. The van der Waals surface area contributed by atoms with Crippen molar-refractivity contribution < 1.29 is 9.53 Å². The van der Waals surface area contributed by atoms with Gasteiger partial charge in [0.25, 0.3) is 5.91 Å². The molecular formula is C19H22N2O2. The van der Waals surface area contributed by atoms with E-state index < -0.39 is 0 Å². The monoisotopic (exact) mass is 310 g/mol. The minimum absolute atomic E-state index is 0.225. The van der Waals surface area contributed by atoms with E-state index in [2.05, 4.69) is 17.5 Å². The van der Waals surface area contributed by atoms with Crippen LogP contribution in [0.25, 0.3) is 0 Å². The lowest BCUT2D eigenvalue weighted by Gasteiger charge is -2.05. The third-order valence-corrected chi connectivity index (χ3v) is 3.32. The number of benzene rings is 2. The summed E-state index contributed by atoms with van der Waals surface area (Å²) in [6.45, 7) is 4.82. The molecule has 2 aromatic rings. The maximum absolute atomic E-state index is 11.9. The van der Waals surface area contributed by atoms with Gasteiger partial charge in [-0.05, 0) is 43.2 Å². The van der Waals surface area contributed by atoms with E-state index in [1.165, 1.54) is 0 Å². The topological polar surface area (TPSA) is 50.7 Å². The molecule has 0 aliphatic carbocycles. The molecule has 2 aromatic carbocycles. The second-order valence-electron chi connectivity index (χ2n) is 5.34. The molecule has 0 saturated heterocycles. The summed E-state index contributed by atoms with van der Waals surface area (Å²) in [6, 6.07) is 15.0. The SMILES string of the molecule is CCCCOc1cccc(/C=N\NC(=O)c2ccc(C)cc2)c1. The first-order valence-corrected chi connectivity index (χ1v) is 7.82. The Balaban J connectivity index is 1.91. The van der Waals surface area contributed by atoms with E-state index in [4.69, 9.17) is 4.74 Å². The number of hydrogen-bond acceptors (Lipinski definition) is 3. The van der Waals surface area contributed by atoms with E-state index in [1.807, 2.05) is 43.3 Å². The summed E-state index contributed by atoms with van der Waals surface area (Å²) in [5.41, 5.74) is 5.11. The molecule has 0 aliphatic heterocycles. The van der Waals surface area contributed by atoms with Crippen molar-refractivity contribution in [2.75, 3.05) is 6.61 Å². The van der Waals surface area contributed by atoms with Crippen LogP contribution in [0.3, 0.4) is 0 Å². The van der Waals surface area contributed by atoms with Crippen molar-refractivity contribution in [1.82, 2.24) is 5.43 Å². The number of carbonyl (C=O) groups excluding carboxylic acids is 1. The number of rotatable bonds is 7. The number of carbonyl (C=O) groups is 1. The van der Waals surface area contributed by atoms with Gasteiger partial charge in [0.2, 0.25) is 0 Å². The molecule has 0 fully saturated rings. The molecule has 0 atom stereocenters. The zero-order valence-electron chi connectivity index (χ0n) is 13.6. The normalized spacial score (nSPS) is 10.7. The fourth-order valence-corrected chi connectivity index (χ4v) is 1.95. The van der Waals surface area contributed by atoms with Crippen LogP contribution in [0, 0.1) is 6.92 Å². The number of unbranched alkanes of at least 4 members (excludes halogenated alkanes) is 1. The van der Waals surface area contributed by atoms with Gasteiger partial charge in [-0.2, -0.15) is 5.10 Å². The number of hydrogen-bond donors (Lipinski definition) is 1. The Morgan fingerprint density at radius 2 is 2.00 bits per heavy atom. The lowest BCUT2D eigenvalue weighted by atomic mass is 10.1. The van der Waals surface area contributed by atoms with Crippen LogP contribution in [0.5, 0.6) is 5.75 Å². The summed E-state index contributed by atoms with van der Waals surface area (Å²) in [5, 5.41) is 4.00. The van der Waals surface area contributed by atoms with Crippen molar-refractivity contribution in [1.29, 1.82) is 0 Å². The quantitative estimate of drug-likeness (QED) is 0.478. The van der Waals surface area contributed by atoms with E-state index in [0.717, 1.165) is 29.7 Å². The summed E-state index contributed by atoms with van der Waals surface area (Å²) in [7, 11) is 0. The number of aryl methyl sites for hydroxylation is 1. The number of amides is 1. The smallest absolute Gasteiger partial charge is 0.271 e. The Morgan fingerprint density at radius 3 is 2.74 bits per heavy atom. The van der Waals surface area contributed by atoms with Crippen LogP contribution >= 0.6 is 0 Å². The van der Waals surface area contributed by atoms with Crippen LogP contribution in [-0.2, 0) is 0 Å². The Hall–Kier alpha value is -2.62. The highest BCUT2D eigenvalue weighted by Gasteiger charge is 2.02. The van der Waals surface area contributed by atoms with Gasteiger partial charge in [0.15, 0.2) is 0 Å². The van der Waals surface area contributed by atoms with Crippen molar-refractivity contribution in [3.8, 4) is 5.75 Å². The molecule has 0 unspecified atom stereocenters. The van der Waals surface area contributed by atoms with Gasteiger partial charge in [0.1, 0.15) is 5.75 Å². The third-order valence-electron chi connectivity index (χ3n) is 3.32. The molecule has 1 N–H and O–H groups in total. The van der Waals surface area contributed by atoms with Crippen molar-refractivity contribution in [2.24, 2.45) is 5.10 Å². The van der Waals surface area contributed by atoms with Gasteiger partial charge in [-0.25, -0.2) is 5.43 Å². The number of nitrogens with zero attached hydrogens (tertiary/aromatic N) is 1. The fraction of sp³-hybridized carbons (Fsp3) is 0.263. The van der Waals surface area contributed by atoms with Gasteiger partial charge in [-0.1, -0.05) is 43.2 Å². The molecule has 0 aliphatic rings. The largest absolute Gasteiger partial charge is 0.494 e. The van der Waals surface area contributed by atoms with Crippen LogP contribution in [0.15, 0.2) is 53.6 Å². The molecule has 23 heavy (non-hydrogen) atoms. The van der Waals surface area contributed by atoms with Crippen LogP contribution in [0.4, 0.5) is 0 Å². The van der Waals surface area contributed by atoms with Crippen molar-refractivity contribution in [3.05, 3.63) is 65.2 Å². The fourth-order valence-electron chi connectivity index (χ4n) is 1.95. The van der Waals surface area contributed by atoms with Crippen molar-refractivity contribution in [2.45, 2.75) is 26.7 Å². The molecule has 0 aromatic heterocycles. The highest BCUT2D eigenvalue weighted by molar-refractivity contribution is 5.94. The van der Waals surface area contributed by atoms with E-state index in [9.17, 15) is 4.79 Å². The Kier molecular flexibility index (Phi) is 6.36. The molecule has 0 bridgehead atoms. The van der Waals surface area contributed by atoms with Crippen LogP contribution in [0.1, 0.15) is 41.3 Å². The molecule has 2 rings (SSSR count). The molecular weight excluding hydrogens is 288 g/mol. The lowest BCUT2D eigenvalue weighted by molar-refractivity contribution is 0.0955. The summed E-state index contributed by atoms with van der Waals surface area (Å²) in [5.74, 6) is 0.587. The predicted octanol–water partition coefficient (Wildman–Crippen LogP) is 3.94. The predicted molar refractivity (Wildman–Crippen MR) is 93.1 cm³/mol. The highest BCUT2D eigenvalue weighted by atomic mass is 16.5. The van der Waals surface area contributed by atoms with E-state index in [-0.39, 0.29) is 5.91 Å². The number of nitrogens with one attached hydrogen (secondary N) is 1. The minimum atomic E-state index is -0.225. The van der Waals surface area contributed by atoms with Gasteiger partial charge in [0, 0.05) is 5.56 Å². The molecule has 4 nitrogen and oxygen atoms in total. The van der Waals surface area contributed by atoms with E-state index in [1.54, 1.807) is 18.3 Å². The summed E-state index contributed by atoms with van der Waals surface area (Å²) >= 11 is 0. The van der Waals surface area contributed by atoms with Crippen molar-refractivity contribution >= 4 is 12.1 Å². The summed E-state index contributed by atoms with van der Waals surface area (Å²) < 4.78 is 5.65. The van der Waals surface area contributed by atoms with E-state index >= 15 is 0 Å². The Labute approximate surface area is 137 Å². The zero-order valence-corrected chi connectivity index (χ0v) is 13.6. The van der Waals surface area contributed by atoms with Gasteiger partial charge in [-0.15, -0.1) is 0 Å². The van der Waals surface area contributed by atoms with E-state index in [0.29, 0.717) is 12.2 Å². The zero-order chi connectivity index (χ0) is 16.5. The van der Waals surface area contributed by atoms with Crippen LogP contribution in [0.2, 0.25) is 0 Å². The first-order valence-electron chi connectivity index (χ1n) is 7.82. The van der Waals surface area contributed by atoms with Gasteiger partial charge < -0.3 is 4.74 Å². The highest BCUT2D eigenvalue weighted by Crippen LogP contribution is 2.12. The van der Waals surface area contributed by atoms with Crippen LogP contribution < -0.4 is 10.2 Å². The van der Waals surface area contributed by atoms with Gasteiger partial charge >= 0.3 is 0 Å². The first kappa shape index (κ1) is 16.7. The maximum Gasteiger partial charge on any atom is 0.271 e. The van der Waals surface area contributed by atoms with Crippen molar-refractivity contribution in [3.63, 3.8) is 0 Å². The number of ether oxygens (including phenoxy) is 1. The lowest BCUT2D eigenvalue weighted by Crippen LogP contribution is -2.17. The molecule has 0 saturated carbocycles. The van der Waals surface area contributed by atoms with Gasteiger partial charge in [-0.3, -0.25) is 4.79 Å². The Bertz CT molecular complexity index is 663. The average Bonchev–Trinajstić information content (AvgIpc) is 2.56. The second-order valence-corrected chi connectivity index (χ2v) is 5.34. The summed E-state index contributed by atoms with van der Waals surface area (Å²) in [4.78, 5) is 11.9. The molecule has 120 valence electrons. The molecule has 4 heteroatoms. The minimum Gasteiger partial charge on any atom is -0.494 e. The first-order chi connectivity index (χ1) is 11.2. The number of hydrazone groups is 1. The molecule has 0 radical (unpaired) electrons. The van der Waals surface area contributed by atoms with Crippen LogP contribution in [-0.4, -0.2) is 18.7 Å². The molecule has 0 heterocycles. The third kappa shape index (κ3) is 5.58. The molecule has 0 spiro atoms. The standard InChI is InChI=1S/C19H22N2O2/c1-3-4-12-23-18-7-5-6-16(13-18)14-20-21-19(22)17-10-8-15(2)9-11-17/h5-11,13-14H,3-4,12H2,1-2H3,(H,21,22)/b20-14-. The molecule has 1 amide bonds. The summed E-state index contributed by atoms with van der Waals surface area (Å²) in [6.07, 6.45) is 3.75. The average molecular weight is 310 g/mol. The van der Waals surface area contributed by atoms with Gasteiger partial charge in [0.05, 0.1) is 12.8 Å². The maximum atomic E-state index is 11.9. The Morgan fingerprint density at radius 1 is 1.22 bits per heavy atom.